The summed E-state index contributed by atoms with van der Waals surface area (Å²) >= 11 is 0. The molecule has 6 nitrogen and oxygen atoms in total. The molecule has 2 N–H and O–H groups in total. The molecule has 0 saturated heterocycles. The zero-order chi connectivity index (χ0) is 20.1. The molecule has 0 saturated carbocycles. The molecule has 1 unspecified atom stereocenters. The molecule has 5 rings (SSSR count). The molecule has 2 aliphatic rings. The van der Waals surface area contributed by atoms with E-state index in [2.05, 4.69) is 21.6 Å². The molecule has 29 heavy (non-hydrogen) atoms. The van der Waals surface area contributed by atoms with Gasteiger partial charge in [0.15, 0.2) is 0 Å². The lowest BCUT2D eigenvalue weighted by molar-refractivity contribution is -0.136. The second-order valence-corrected chi connectivity index (χ2v) is 7.12. The summed E-state index contributed by atoms with van der Waals surface area (Å²) in [6, 6.07) is 12.8. The third-order valence-corrected chi connectivity index (χ3v) is 5.34. The number of dihydropyridines is 1. The SMILES string of the molecule is Cc1ccc(C2=C(C#N)C(c3cc4cn[nH]c4cc3F)C3=C(COC3=O)N2)cc1. The summed E-state index contributed by atoms with van der Waals surface area (Å²) in [7, 11) is 0. The lowest BCUT2D eigenvalue weighted by Crippen LogP contribution is -2.26. The van der Waals surface area contributed by atoms with E-state index in [0.717, 1.165) is 11.1 Å². The van der Waals surface area contributed by atoms with Gasteiger partial charge >= 0.3 is 5.97 Å². The Hall–Kier alpha value is -3.92. The topological polar surface area (TPSA) is 90.8 Å². The molecule has 1 aromatic heterocycles. The van der Waals surface area contributed by atoms with Crippen molar-refractivity contribution in [3.8, 4) is 6.07 Å². The van der Waals surface area contributed by atoms with Gasteiger partial charge in [0.2, 0.25) is 0 Å². The highest BCUT2D eigenvalue weighted by atomic mass is 19.1. The van der Waals surface area contributed by atoms with Crippen molar-refractivity contribution in [3.63, 3.8) is 0 Å². The number of aromatic nitrogens is 2. The molecule has 3 aromatic rings. The van der Waals surface area contributed by atoms with Gasteiger partial charge in [-0.05, 0) is 24.6 Å². The number of H-pyrrole nitrogens is 1. The number of nitrogens with one attached hydrogen (secondary N) is 2. The van der Waals surface area contributed by atoms with E-state index < -0.39 is 17.7 Å². The van der Waals surface area contributed by atoms with Crippen LogP contribution in [0.3, 0.4) is 0 Å². The van der Waals surface area contributed by atoms with Crippen LogP contribution >= 0.6 is 0 Å². The molecule has 0 amide bonds. The first-order chi connectivity index (χ1) is 14.1. The average Bonchev–Trinajstić information content (AvgIpc) is 3.32. The molecule has 142 valence electrons. The highest BCUT2D eigenvalue weighted by molar-refractivity contribution is 5.98. The molecule has 0 fully saturated rings. The summed E-state index contributed by atoms with van der Waals surface area (Å²) < 4.78 is 20.3. The Bertz CT molecular complexity index is 1280. The number of nitrogens with zero attached hydrogens (tertiary/aromatic N) is 2. The molecule has 0 spiro atoms. The van der Waals surface area contributed by atoms with Gasteiger partial charge in [0, 0.05) is 10.9 Å². The molecule has 0 bridgehead atoms. The first kappa shape index (κ1) is 17.2. The number of aromatic amines is 1. The maximum atomic E-state index is 15.1. The summed E-state index contributed by atoms with van der Waals surface area (Å²) in [6.45, 7) is 2.04. The molecular weight excluding hydrogens is 371 g/mol. The number of carbonyl (C=O) groups is 1. The monoisotopic (exact) mass is 386 g/mol. The highest BCUT2D eigenvalue weighted by Gasteiger charge is 2.41. The third kappa shape index (κ3) is 2.61. The predicted octanol–water partition coefficient (Wildman–Crippen LogP) is 3.44. The first-order valence-electron chi connectivity index (χ1n) is 9.08. The summed E-state index contributed by atoms with van der Waals surface area (Å²) in [5.41, 5.74) is 4.32. The number of rotatable bonds is 2. The van der Waals surface area contributed by atoms with E-state index in [1.165, 1.54) is 6.07 Å². The molecule has 0 radical (unpaired) electrons. The van der Waals surface area contributed by atoms with Crippen molar-refractivity contribution in [2.45, 2.75) is 12.8 Å². The number of esters is 1. The predicted molar refractivity (Wildman–Crippen MR) is 104 cm³/mol. The minimum absolute atomic E-state index is 0.0638. The van der Waals surface area contributed by atoms with E-state index >= 15 is 4.39 Å². The molecule has 7 heteroatoms. The van der Waals surface area contributed by atoms with Gasteiger partial charge in [-0.3, -0.25) is 5.10 Å². The van der Waals surface area contributed by atoms with Crippen LogP contribution in [0.5, 0.6) is 0 Å². The highest BCUT2D eigenvalue weighted by Crippen LogP contribution is 2.44. The fourth-order valence-corrected chi connectivity index (χ4v) is 3.90. The lowest BCUT2D eigenvalue weighted by Gasteiger charge is -2.27. The van der Waals surface area contributed by atoms with Crippen LogP contribution < -0.4 is 5.32 Å². The van der Waals surface area contributed by atoms with E-state index in [0.29, 0.717) is 22.3 Å². The smallest absolute Gasteiger partial charge is 0.337 e. The maximum Gasteiger partial charge on any atom is 0.337 e. The Morgan fingerprint density at radius 1 is 1.28 bits per heavy atom. The molecule has 2 aromatic carbocycles. The minimum Gasteiger partial charge on any atom is -0.456 e. The van der Waals surface area contributed by atoms with Gasteiger partial charge in [0.05, 0.1) is 46.2 Å². The van der Waals surface area contributed by atoms with Crippen molar-refractivity contribution in [2.24, 2.45) is 0 Å². The molecule has 2 aliphatic heterocycles. The number of fused-ring (bicyclic) bond motifs is 1. The minimum atomic E-state index is -0.859. The number of hydrogen-bond donors (Lipinski definition) is 2. The number of carbonyl (C=O) groups excluding carboxylic acids is 1. The van der Waals surface area contributed by atoms with Crippen molar-refractivity contribution >= 4 is 22.6 Å². The number of halogens is 1. The first-order valence-corrected chi connectivity index (χ1v) is 9.08. The normalized spacial score (nSPS) is 18.5. The second kappa shape index (κ2) is 6.31. The number of aryl methyl sites for hydroxylation is 1. The number of hydrogen-bond acceptors (Lipinski definition) is 5. The quantitative estimate of drug-likeness (QED) is 0.659. The van der Waals surface area contributed by atoms with Gasteiger partial charge in [0.1, 0.15) is 12.4 Å². The van der Waals surface area contributed by atoms with E-state index in [4.69, 9.17) is 4.74 Å². The number of ether oxygens (including phenoxy) is 1. The Kier molecular flexibility index (Phi) is 3.74. The zero-order valence-electron chi connectivity index (χ0n) is 15.4. The summed E-state index contributed by atoms with van der Waals surface area (Å²) in [4.78, 5) is 12.5. The van der Waals surface area contributed by atoms with E-state index in [1.54, 1.807) is 12.3 Å². The fourth-order valence-electron chi connectivity index (χ4n) is 3.90. The van der Waals surface area contributed by atoms with E-state index in [1.807, 2.05) is 31.2 Å². The Morgan fingerprint density at radius 3 is 2.83 bits per heavy atom. The van der Waals surface area contributed by atoms with Crippen molar-refractivity contribution in [2.75, 3.05) is 6.61 Å². The van der Waals surface area contributed by atoms with E-state index in [-0.39, 0.29) is 23.3 Å². The fraction of sp³-hybridized carbons (Fsp3) is 0.136. The van der Waals surface area contributed by atoms with Gasteiger partial charge in [-0.1, -0.05) is 29.8 Å². The molecule has 3 heterocycles. The van der Waals surface area contributed by atoms with Gasteiger partial charge < -0.3 is 10.1 Å². The Morgan fingerprint density at radius 2 is 2.07 bits per heavy atom. The van der Waals surface area contributed by atoms with Crippen LogP contribution in [0.15, 0.2) is 59.4 Å². The largest absolute Gasteiger partial charge is 0.456 e. The Labute approximate surface area is 165 Å². The van der Waals surface area contributed by atoms with Crippen LogP contribution in [-0.2, 0) is 9.53 Å². The van der Waals surface area contributed by atoms with Crippen molar-refractivity contribution in [3.05, 3.63) is 81.9 Å². The number of cyclic esters (lactones) is 1. The van der Waals surface area contributed by atoms with Crippen LogP contribution in [0.25, 0.3) is 16.6 Å². The van der Waals surface area contributed by atoms with Gasteiger partial charge in [-0.25, -0.2) is 9.18 Å². The number of allylic oxidation sites excluding steroid dienone is 1. The summed E-state index contributed by atoms with van der Waals surface area (Å²) in [6.07, 6.45) is 1.58. The average molecular weight is 386 g/mol. The summed E-state index contributed by atoms with van der Waals surface area (Å²) in [5.74, 6) is -1.92. The second-order valence-electron chi connectivity index (χ2n) is 7.12. The third-order valence-electron chi connectivity index (χ3n) is 5.34. The zero-order valence-corrected chi connectivity index (χ0v) is 15.4. The van der Waals surface area contributed by atoms with Gasteiger partial charge in [0.25, 0.3) is 0 Å². The molecular formula is C22H15FN4O2. The number of benzene rings is 2. The molecule has 1 atom stereocenters. The van der Waals surface area contributed by atoms with Crippen LogP contribution in [0.4, 0.5) is 4.39 Å². The van der Waals surface area contributed by atoms with Crippen molar-refractivity contribution < 1.29 is 13.9 Å². The van der Waals surface area contributed by atoms with Crippen molar-refractivity contribution in [1.82, 2.24) is 15.5 Å². The van der Waals surface area contributed by atoms with Crippen molar-refractivity contribution in [1.29, 1.82) is 5.26 Å². The number of nitriles is 1. The summed E-state index contributed by atoms with van der Waals surface area (Å²) in [5, 5.41) is 20.6. The van der Waals surface area contributed by atoms with Gasteiger partial charge in [-0.15, -0.1) is 0 Å². The van der Waals surface area contributed by atoms with Crippen LogP contribution in [0.1, 0.15) is 22.6 Å². The standard InChI is InChI=1S/C22H15FN4O2/c1-11-2-4-12(5-3-11)21-15(8-24)19(20-18(26-21)10-29-22(20)28)14-6-13-9-25-27-17(13)7-16(14)23/h2-7,9,19,26H,10H2,1H3,(H,25,27). The lowest BCUT2D eigenvalue weighted by atomic mass is 9.79. The Balaban J connectivity index is 1.77. The van der Waals surface area contributed by atoms with E-state index in [9.17, 15) is 10.1 Å². The molecule has 0 aliphatic carbocycles. The van der Waals surface area contributed by atoms with Crippen LogP contribution in [0.2, 0.25) is 0 Å². The van der Waals surface area contributed by atoms with Crippen LogP contribution in [-0.4, -0.2) is 22.8 Å². The maximum absolute atomic E-state index is 15.1. The van der Waals surface area contributed by atoms with Crippen LogP contribution in [0, 0.1) is 24.1 Å². The van der Waals surface area contributed by atoms with Gasteiger partial charge in [-0.2, -0.15) is 10.4 Å².